The Kier molecular flexibility index (Phi) is 8.58. The van der Waals surface area contributed by atoms with Gasteiger partial charge < -0.3 is 29.2 Å². The fraction of sp³-hybridized carbons (Fsp3) is 0.333. The molecule has 0 bridgehead atoms. The molecule has 1 amide bonds. The van der Waals surface area contributed by atoms with Gasteiger partial charge in [0.1, 0.15) is 11.5 Å². The molecule has 0 aromatic heterocycles. The van der Waals surface area contributed by atoms with Gasteiger partial charge in [-0.05, 0) is 42.5 Å². The van der Waals surface area contributed by atoms with Crippen LogP contribution in [0.1, 0.15) is 11.1 Å². The van der Waals surface area contributed by atoms with E-state index in [1.807, 2.05) is 4.90 Å². The van der Waals surface area contributed by atoms with E-state index in [0.717, 1.165) is 18.2 Å². The van der Waals surface area contributed by atoms with Gasteiger partial charge >= 0.3 is 12.1 Å². The summed E-state index contributed by atoms with van der Waals surface area (Å²) in [6.07, 6.45) is -2.04. The lowest BCUT2D eigenvalue weighted by Gasteiger charge is -2.31. The molecule has 2 aromatic carbocycles. The fourth-order valence-electron chi connectivity index (χ4n) is 3.39. The van der Waals surface area contributed by atoms with Gasteiger partial charge in [0.15, 0.2) is 6.61 Å². The van der Waals surface area contributed by atoms with Crippen molar-refractivity contribution >= 4 is 29.3 Å². The van der Waals surface area contributed by atoms with Gasteiger partial charge in [-0.2, -0.15) is 13.2 Å². The molecule has 1 heterocycles. The van der Waals surface area contributed by atoms with Gasteiger partial charge in [0.25, 0.3) is 5.91 Å². The van der Waals surface area contributed by atoms with Crippen molar-refractivity contribution in [1.29, 1.82) is 0 Å². The predicted molar refractivity (Wildman–Crippen MR) is 123 cm³/mol. The molecule has 35 heavy (non-hydrogen) atoms. The second-order valence-corrected chi connectivity index (χ2v) is 7.43. The highest BCUT2D eigenvalue weighted by atomic mass is 19.4. The molecule has 3 rings (SSSR count). The fourth-order valence-corrected chi connectivity index (χ4v) is 3.39. The molecule has 188 valence electrons. The monoisotopic (exact) mass is 494 g/mol. The largest absolute Gasteiger partial charge is 0.497 e. The van der Waals surface area contributed by atoms with E-state index in [1.54, 1.807) is 18.2 Å². The van der Waals surface area contributed by atoms with E-state index in [9.17, 15) is 22.8 Å². The number of morpholine rings is 1. The Morgan fingerprint density at radius 1 is 1.09 bits per heavy atom. The van der Waals surface area contributed by atoms with Crippen LogP contribution >= 0.6 is 0 Å². The van der Waals surface area contributed by atoms with Gasteiger partial charge in [0.2, 0.25) is 0 Å². The summed E-state index contributed by atoms with van der Waals surface area (Å²) in [5.41, 5.74) is 0.0368. The first kappa shape index (κ1) is 25.9. The first-order valence-electron chi connectivity index (χ1n) is 10.6. The molecule has 0 unspecified atom stereocenters. The van der Waals surface area contributed by atoms with Crippen molar-refractivity contribution in [3.8, 4) is 11.5 Å². The van der Waals surface area contributed by atoms with Crippen LogP contribution in [0.5, 0.6) is 11.5 Å². The summed E-state index contributed by atoms with van der Waals surface area (Å²) in [4.78, 5) is 26.3. The number of hydrogen-bond donors (Lipinski definition) is 1. The van der Waals surface area contributed by atoms with Crippen LogP contribution in [0.2, 0.25) is 0 Å². The second kappa shape index (κ2) is 11.6. The number of alkyl halides is 3. The second-order valence-electron chi connectivity index (χ2n) is 7.43. The molecule has 0 spiro atoms. The molecular formula is C24H25F3N2O6. The Labute approximate surface area is 200 Å². The van der Waals surface area contributed by atoms with Crippen LogP contribution < -0.4 is 19.7 Å². The summed E-state index contributed by atoms with van der Waals surface area (Å²) in [5, 5.41) is 2.42. The van der Waals surface area contributed by atoms with E-state index < -0.39 is 30.2 Å². The van der Waals surface area contributed by atoms with Gasteiger partial charge in [-0.1, -0.05) is 0 Å². The zero-order valence-corrected chi connectivity index (χ0v) is 19.2. The Balaban J connectivity index is 1.66. The minimum Gasteiger partial charge on any atom is -0.497 e. The van der Waals surface area contributed by atoms with Crippen LogP contribution in [0.25, 0.3) is 6.08 Å². The van der Waals surface area contributed by atoms with E-state index in [-0.39, 0.29) is 5.69 Å². The van der Waals surface area contributed by atoms with Crippen LogP contribution in [0.3, 0.4) is 0 Å². The van der Waals surface area contributed by atoms with Crippen molar-refractivity contribution in [3.63, 3.8) is 0 Å². The number of halogens is 3. The molecule has 0 atom stereocenters. The third-order valence-corrected chi connectivity index (χ3v) is 5.13. The quantitative estimate of drug-likeness (QED) is 0.442. The summed E-state index contributed by atoms with van der Waals surface area (Å²) < 4.78 is 60.2. The Bertz CT molecular complexity index is 1080. The van der Waals surface area contributed by atoms with Crippen molar-refractivity contribution in [2.75, 3.05) is 57.3 Å². The van der Waals surface area contributed by atoms with Gasteiger partial charge in [-0.25, -0.2) is 4.79 Å². The maximum atomic E-state index is 13.2. The molecule has 1 aliphatic heterocycles. The number of esters is 1. The average Bonchev–Trinajstić information content (AvgIpc) is 2.86. The number of amides is 1. The molecular weight excluding hydrogens is 469 g/mol. The molecule has 1 saturated heterocycles. The number of hydrogen-bond acceptors (Lipinski definition) is 7. The maximum Gasteiger partial charge on any atom is 0.416 e. The Morgan fingerprint density at radius 3 is 2.49 bits per heavy atom. The number of benzene rings is 2. The third kappa shape index (κ3) is 7.12. The number of anilines is 2. The summed E-state index contributed by atoms with van der Waals surface area (Å²) in [7, 11) is 2.97. The number of rotatable bonds is 8. The van der Waals surface area contributed by atoms with Crippen molar-refractivity contribution in [2.45, 2.75) is 6.18 Å². The Morgan fingerprint density at radius 2 is 1.83 bits per heavy atom. The molecule has 1 aliphatic rings. The smallest absolute Gasteiger partial charge is 0.416 e. The predicted octanol–water partition coefficient (Wildman–Crippen LogP) is 3.75. The maximum absolute atomic E-state index is 13.2. The van der Waals surface area contributed by atoms with Crippen LogP contribution in [0.4, 0.5) is 24.5 Å². The van der Waals surface area contributed by atoms with E-state index in [1.165, 1.54) is 26.4 Å². The van der Waals surface area contributed by atoms with Gasteiger partial charge in [0.05, 0.1) is 44.4 Å². The van der Waals surface area contributed by atoms with Crippen molar-refractivity contribution in [1.82, 2.24) is 0 Å². The highest BCUT2D eigenvalue weighted by Crippen LogP contribution is 2.35. The lowest BCUT2D eigenvalue weighted by Crippen LogP contribution is -2.37. The van der Waals surface area contributed by atoms with Gasteiger partial charge in [-0.3, -0.25) is 4.79 Å². The summed E-state index contributed by atoms with van der Waals surface area (Å²) in [6.45, 7) is 1.06. The summed E-state index contributed by atoms with van der Waals surface area (Å²) >= 11 is 0. The summed E-state index contributed by atoms with van der Waals surface area (Å²) in [6, 6.07) is 8.13. The molecule has 0 radical (unpaired) electrons. The number of ether oxygens (including phenoxy) is 4. The van der Waals surface area contributed by atoms with Crippen LogP contribution in [-0.4, -0.2) is 59.0 Å². The first-order valence-corrected chi connectivity index (χ1v) is 10.6. The van der Waals surface area contributed by atoms with Crippen LogP contribution in [0.15, 0.2) is 42.5 Å². The number of carbonyl (C=O) groups is 2. The van der Waals surface area contributed by atoms with Crippen LogP contribution in [0, 0.1) is 0 Å². The molecule has 11 heteroatoms. The van der Waals surface area contributed by atoms with Crippen LogP contribution in [-0.2, 0) is 25.2 Å². The van der Waals surface area contributed by atoms with E-state index >= 15 is 0 Å². The molecule has 1 fully saturated rings. The average molecular weight is 494 g/mol. The van der Waals surface area contributed by atoms with E-state index in [4.69, 9.17) is 18.9 Å². The topological polar surface area (TPSA) is 86.3 Å². The number of methoxy groups -OCH3 is 2. The SMILES string of the molecule is COc1ccc(OC)c(/C=C/C(=O)OCC(=O)Nc2cc(C(F)(F)F)ccc2N2CCOCC2)c1. The van der Waals surface area contributed by atoms with E-state index in [0.29, 0.717) is 49.1 Å². The first-order chi connectivity index (χ1) is 16.7. The molecule has 0 aliphatic carbocycles. The van der Waals surface area contributed by atoms with Crippen molar-refractivity contribution in [3.05, 3.63) is 53.6 Å². The molecule has 1 N–H and O–H groups in total. The van der Waals surface area contributed by atoms with Crippen molar-refractivity contribution in [2.24, 2.45) is 0 Å². The number of carbonyl (C=O) groups excluding carboxylic acids is 2. The van der Waals surface area contributed by atoms with Gasteiger partial charge in [0, 0.05) is 24.7 Å². The lowest BCUT2D eigenvalue weighted by molar-refractivity contribution is -0.142. The zero-order chi connectivity index (χ0) is 25.4. The number of nitrogens with one attached hydrogen (secondary N) is 1. The van der Waals surface area contributed by atoms with Gasteiger partial charge in [-0.15, -0.1) is 0 Å². The minimum absolute atomic E-state index is 0.0283. The zero-order valence-electron chi connectivity index (χ0n) is 19.2. The molecule has 8 nitrogen and oxygen atoms in total. The van der Waals surface area contributed by atoms with Crippen molar-refractivity contribution < 1.29 is 41.7 Å². The minimum atomic E-state index is -4.58. The summed E-state index contributed by atoms with van der Waals surface area (Å²) in [5.74, 6) is -0.551. The van der Waals surface area contributed by atoms with E-state index in [2.05, 4.69) is 5.32 Å². The number of nitrogens with zero attached hydrogens (tertiary/aromatic N) is 1. The third-order valence-electron chi connectivity index (χ3n) is 5.13. The normalized spacial score (nSPS) is 14.0. The Hall–Kier alpha value is -3.73. The highest BCUT2D eigenvalue weighted by molar-refractivity contribution is 5.97. The molecule has 2 aromatic rings. The molecule has 0 saturated carbocycles. The standard InChI is InChI=1S/C24H25F3N2O6/c1-32-18-5-7-21(33-2)16(13-18)3-8-23(31)35-15-22(30)28-19-14-17(24(25,26)27)4-6-20(19)29-9-11-34-12-10-29/h3-8,13-14H,9-12,15H2,1-2H3,(H,28,30)/b8-3+. The highest BCUT2D eigenvalue weighted by Gasteiger charge is 2.32. The lowest BCUT2D eigenvalue weighted by atomic mass is 10.1.